The lowest BCUT2D eigenvalue weighted by molar-refractivity contribution is -0.0126. The van der Waals surface area contributed by atoms with Crippen molar-refractivity contribution in [2.75, 3.05) is 19.8 Å². The second-order valence-corrected chi connectivity index (χ2v) is 2.48. The number of hydrogen-bond acceptors (Lipinski definition) is 3. The Balaban J connectivity index is 3.02. The van der Waals surface area contributed by atoms with Crippen LogP contribution in [0.2, 0.25) is 0 Å². The van der Waals surface area contributed by atoms with Gasteiger partial charge in [-0.05, 0) is 12.8 Å². The first-order chi connectivity index (χ1) is 5.31. The van der Waals surface area contributed by atoms with E-state index in [2.05, 4.69) is 13.8 Å². The predicted octanol–water partition coefficient (Wildman–Crippen LogP) is 1.12. The van der Waals surface area contributed by atoms with Crippen LogP contribution in [0.15, 0.2) is 0 Å². The summed E-state index contributed by atoms with van der Waals surface area (Å²) >= 11 is 0. The summed E-state index contributed by atoms with van der Waals surface area (Å²) < 4.78 is 10.4. The summed E-state index contributed by atoms with van der Waals surface area (Å²) in [6, 6.07) is 0. The molecular weight excluding hydrogens is 142 g/mol. The summed E-state index contributed by atoms with van der Waals surface area (Å²) in [5.41, 5.74) is 5.55. The summed E-state index contributed by atoms with van der Waals surface area (Å²) in [5.74, 6) is 0. The van der Waals surface area contributed by atoms with Crippen LogP contribution in [-0.4, -0.2) is 26.0 Å². The lowest BCUT2D eigenvalue weighted by atomic mass is 10.5. The zero-order valence-electron chi connectivity index (χ0n) is 7.51. The van der Waals surface area contributed by atoms with Crippen LogP contribution in [0.3, 0.4) is 0 Å². The molecule has 0 spiro atoms. The van der Waals surface area contributed by atoms with E-state index in [1.54, 1.807) is 0 Å². The van der Waals surface area contributed by atoms with Crippen molar-refractivity contribution in [3.8, 4) is 0 Å². The Labute approximate surface area is 68.9 Å². The van der Waals surface area contributed by atoms with Gasteiger partial charge in [-0.2, -0.15) is 0 Å². The van der Waals surface area contributed by atoms with Gasteiger partial charge in [0.15, 0.2) is 0 Å². The van der Waals surface area contributed by atoms with E-state index in [9.17, 15) is 0 Å². The Kier molecular flexibility index (Phi) is 7.89. The Bertz CT molecular complexity index is 78.5. The highest BCUT2D eigenvalue weighted by atomic mass is 16.5. The minimum absolute atomic E-state index is 0.249. The van der Waals surface area contributed by atoms with Gasteiger partial charge < -0.3 is 15.2 Å². The SMILES string of the molecule is CCCOCC(N)OCCC. The van der Waals surface area contributed by atoms with Gasteiger partial charge in [0.1, 0.15) is 6.23 Å². The van der Waals surface area contributed by atoms with Gasteiger partial charge in [-0.3, -0.25) is 0 Å². The predicted molar refractivity (Wildman–Crippen MR) is 45.3 cm³/mol. The first-order valence-electron chi connectivity index (χ1n) is 4.26. The molecule has 0 aromatic carbocycles. The Morgan fingerprint density at radius 2 is 1.82 bits per heavy atom. The zero-order valence-corrected chi connectivity index (χ0v) is 7.51. The van der Waals surface area contributed by atoms with E-state index in [0.29, 0.717) is 6.61 Å². The van der Waals surface area contributed by atoms with E-state index >= 15 is 0 Å². The second kappa shape index (κ2) is 7.98. The molecule has 0 bridgehead atoms. The monoisotopic (exact) mass is 161 g/mol. The van der Waals surface area contributed by atoms with Crippen molar-refractivity contribution >= 4 is 0 Å². The number of nitrogens with two attached hydrogens (primary N) is 1. The van der Waals surface area contributed by atoms with Gasteiger partial charge in [-0.1, -0.05) is 13.8 Å². The fraction of sp³-hybridized carbons (Fsp3) is 1.00. The first-order valence-corrected chi connectivity index (χ1v) is 4.26. The molecule has 0 aliphatic heterocycles. The molecule has 3 heteroatoms. The molecule has 0 aliphatic carbocycles. The van der Waals surface area contributed by atoms with Crippen LogP contribution in [0.5, 0.6) is 0 Å². The van der Waals surface area contributed by atoms with Crippen molar-refractivity contribution in [3.63, 3.8) is 0 Å². The van der Waals surface area contributed by atoms with E-state index in [1.807, 2.05) is 0 Å². The summed E-state index contributed by atoms with van der Waals surface area (Å²) in [6.45, 7) is 6.12. The van der Waals surface area contributed by atoms with Crippen molar-refractivity contribution in [1.82, 2.24) is 0 Å². The molecule has 0 amide bonds. The van der Waals surface area contributed by atoms with Gasteiger partial charge in [-0.25, -0.2) is 0 Å². The van der Waals surface area contributed by atoms with Gasteiger partial charge in [-0.15, -0.1) is 0 Å². The molecule has 3 nitrogen and oxygen atoms in total. The maximum Gasteiger partial charge on any atom is 0.129 e. The Morgan fingerprint density at radius 1 is 1.18 bits per heavy atom. The molecule has 1 atom stereocenters. The van der Waals surface area contributed by atoms with Crippen LogP contribution >= 0.6 is 0 Å². The highest BCUT2D eigenvalue weighted by Gasteiger charge is 1.99. The smallest absolute Gasteiger partial charge is 0.129 e. The third-order valence-electron chi connectivity index (χ3n) is 1.17. The average Bonchev–Trinajstić information content (AvgIpc) is 2.01. The van der Waals surface area contributed by atoms with Crippen LogP contribution in [-0.2, 0) is 9.47 Å². The van der Waals surface area contributed by atoms with Crippen molar-refractivity contribution < 1.29 is 9.47 Å². The summed E-state index contributed by atoms with van der Waals surface area (Å²) in [4.78, 5) is 0. The number of ether oxygens (including phenoxy) is 2. The van der Waals surface area contributed by atoms with Gasteiger partial charge in [0, 0.05) is 13.2 Å². The number of rotatable bonds is 7. The molecule has 0 rings (SSSR count). The van der Waals surface area contributed by atoms with E-state index < -0.39 is 0 Å². The molecule has 0 aromatic rings. The van der Waals surface area contributed by atoms with E-state index in [1.165, 1.54) is 0 Å². The first kappa shape index (κ1) is 10.9. The number of hydrogen-bond donors (Lipinski definition) is 1. The normalized spacial score (nSPS) is 13.4. The molecule has 0 radical (unpaired) electrons. The minimum Gasteiger partial charge on any atom is -0.377 e. The molecule has 68 valence electrons. The third-order valence-corrected chi connectivity index (χ3v) is 1.17. The zero-order chi connectivity index (χ0) is 8.53. The highest BCUT2D eigenvalue weighted by Crippen LogP contribution is 1.88. The third kappa shape index (κ3) is 7.78. The fourth-order valence-corrected chi connectivity index (χ4v) is 0.661. The van der Waals surface area contributed by atoms with Crippen molar-refractivity contribution in [1.29, 1.82) is 0 Å². The van der Waals surface area contributed by atoms with Gasteiger partial charge >= 0.3 is 0 Å². The van der Waals surface area contributed by atoms with Crippen LogP contribution in [0, 0.1) is 0 Å². The van der Waals surface area contributed by atoms with Crippen LogP contribution in [0.4, 0.5) is 0 Å². The largest absolute Gasteiger partial charge is 0.377 e. The maximum atomic E-state index is 5.55. The van der Waals surface area contributed by atoms with Gasteiger partial charge in [0.2, 0.25) is 0 Å². The van der Waals surface area contributed by atoms with Gasteiger partial charge in [0.25, 0.3) is 0 Å². The van der Waals surface area contributed by atoms with Crippen LogP contribution in [0.1, 0.15) is 26.7 Å². The lowest BCUT2D eigenvalue weighted by Gasteiger charge is -2.11. The summed E-state index contributed by atoms with van der Waals surface area (Å²) in [6.07, 6.45) is 1.78. The standard InChI is InChI=1S/C8H19NO2/c1-3-5-10-7-8(9)11-6-4-2/h8H,3-7,9H2,1-2H3. The molecule has 0 aromatic heterocycles. The highest BCUT2D eigenvalue weighted by molar-refractivity contribution is 4.43. The Hall–Kier alpha value is -0.120. The fourth-order valence-electron chi connectivity index (χ4n) is 0.661. The minimum atomic E-state index is -0.249. The lowest BCUT2D eigenvalue weighted by Crippen LogP contribution is -2.29. The molecule has 2 N–H and O–H groups in total. The second-order valence-electron chi connectivity index (χ2n) is 2.48. The molecule has 0 aliphatic rings. The summed E-state index contributed by atoms with van der Waals surface area (Å²) in [7, 11) is 0. The van der Waals surface area contributed by atoms with Crippen LogP contribution < -0.4 is 5.73 Å². The van der Waals surface area contributed by atoms with E-state index in [-0.39, 0.29) is 6.23 Å². The van der Waals surface area contributed by atoms with E-state index in [4.69, 9.17) is 15.2 Å². The van der Waals surface area contributed by atoms with Gasteiger partial charge in [0.05, 0.1) is 6.61 Å². The summed E-state index contributed by atoms with van der Waals surface area (Å²) in [5, 5.41) is 0. The molecule has 1 unspecified atom stereocenters. The molecule has 0 fully saturated rings. The van der Waals surface area contributed by atoms with Crippen molar-refractivity contribution in [3.05, 3.63) is 0 Å². The molecule has 0 saturated heterocycles. The van der Waals surface area contributed by atoms with Crippen molar-refractivity contribution in [2.45, 2.75) is 32.9 Å². The van der Waals surface area contributed by atoms with Crippen LogP contribution in [0.25, 0.3) is 0 Å². The maximum absolute atomic E-state index is 5.55. The molecular formula is C8H19NO2. The quantitative estimate of drug-likeness (QED) is 0.449. The van der Waals surface area contributed by atoms with E-state index in [0.717, 1.165) is 26.1 Å². The molecule has 0 heterocycles. The topological polar surface area (TPSA) is 44.5 Å². The average molecular weight is 161 g/mol. The Morgan fingerprint density at radius 3 is 2.36 bits per heavy atom. The molecule has 11 heavy (non-hydrogen) atoms. The molecule has 0 saturated carbocycles. The van der Waals surface area contributed by atoms with Crippen molar-refractivity contribution in [2.24, 2.45) is 5.73 Å².